The van der Waals surface area contributed by atoms with Crippen LogP contribution >= 0.6 is 0 Å². The van der Waals surface area contributed by atoms with Gasteiger partial charge in [0.05, 0.1) is 0 Å². The predicted molar refractivity (Wildman–Crippen MR) is 179 cm³/mol. The normalized spacial score (nSPS) is 32.8. The summed E-state index contributed by atoms with van der Waals surface area (Å²) in [6.07, 6.45) is 27.6. The van der Waals surface area contributed by atoms with Crippen molar-refractivity contribution in [3.05, 3.63) is 70.4 Å². The van der Waals surface area contributed by atoms with Crippen LogP contribution in [0.15, 0.2) is 70.4 Å². The molecule has 1 saturated carbocycles. The Morgan fingerprint density at radius 2 is 1.07 bits per heavy atom. The average Bonchev–Trinajstić information content (AvgIpc) is 2.90. The van der Waals surface area contributed by atoms with Gasteiger partial charge in [-0.3, -0.25) is 0 Å². The monoisotopic (exact) mass is 545 g/mol. The topological polar surface area (TPSA) is 0 Å². The second-order valence-electron chi connectivity index (χ2n) is 15.6. The Bertz CT molecular complexity index is 1020. The quantitative estimate of drug-likeness (QED) is 0.309. The molecule has 6 aliphatic carbocycles. The van der Waals surface area contributed by atoms with Crippen LogP contribution in [0.25, 0.3) is 0 Å². The van der Waals surface area contributed by atoms with Crippen LogP contribution in [-0.2, 0) is 0 Å². The smallest absolute Gasteiger partial charge is 0.00264 e. The number of rotatable bonds is 4. The van der Waals surface area contributed by atoms with Crippen molar-refractivity contribution in [2.24, 2.45) is 45.8 Å². The molecule has 0 aromatic carbocycles. The van der Waals surface area contributed by atoms with Gasteiger partial charge in [0.15, 0.2) is 0 Å². The van der Waals surface area contributed by atoms with Gasteiger partial charge in [0, 0.05) is 0 Å². The first-order chi connectivity index (χ1) is 18.6. The Morgan fingerprint density at radius 3 is 1.43 bits per heavy atom. The van der Waals surface area contributed by atoms with Gasteiger partial charge in [-0.1, -0.05) is 140 Å². The van der Waals surface area contributed by atoms with Crippen molar-refractivity contribution in [3.63, 3.8) is 0 Å². The Morgan fingerprint density at radius 1 is 0.575 bits per heavy atom. The van der Waals surface area contributed by atoms with E-state index < -0.39 is 0 Å². The summed E-state index contributed by atoms with van der Waals surface area (Å²) < 4.78 is 0. The van der Waals surface area contributed by atoms with Crippen LogP contribution in [0.3, 0.4) is 0 Å². The minimum atomic E-state index is 0.424. The van der Waals surface area contributed by atoms with Crippen molar-refractivity contribution in [1.29, 1.82) is 0 Å². The van der Waals surface area contributed by atoms with Crippen molar-refractivity contribution in [1.82, 2.24) is 0 Å². The van der Waals surface area contributed by atoms with Gasteiger partial charge in [-0.25, -0.2) is 0 Å². The van der Waals surface area contributed by atoms with Crippen molar-refractivity contribution in [2.45, 2.75) is 134 Å². The summed E-state index contributed by atoms with van der Waals surface area (Å²) in [5.74, 6) is 3.70. The molecule has 0 radical (unpaired) electrons. The summed E-state index contributed by atoms with van der Waals surface area (Å²) in [6, 6.07) is 0. The largest absolute Gasteiger partial charge is 0.0814 e. The van der Waals surface area contributed by atoms with Crippen LogP contribution in [0.4, 0.5) is 0 Å². The molecule has 1 fully saturated rings. The van der Waals surface area contributed by atoms with Gasteiger partial charge in [-0.05, 0) is 111 Å². The lowest BCUT2D eigenvalue weighted by Crippen LogP contribution is -2.58. The van der Waals surface area contributed by atoms with Gasteiger partial charge in [0.25, 0.3) is 0 Å². The number of allylic oxidation sites excluding steroid dienone is 12. The Balaban J connectivity index is 0.000000185. The van der Waals surface area contributed by atoms with E-state index in [4.69, 9.17) is 0 Å². The summed E-state index contributed by atoms with van der Waals surface area (Å²) in [5, 5.41) is 0. The molecule has 0 aromatic rings. The second-order valence-corrected chi connectivity index (χ2v) is 15.6. The number of hydrogen-bond donors (Lipinski definition) is 0. The first kappa shape index (κ1) is 32.9. The summed E-state index contributed by atoms with van der Waals surface area (Å²) in [7, 11) is 0. The van der Waals surface area contributed by atoms with Crippen molar-refractivity contribution in [2.75, 3.05) is 0 Å². The van der Waals surface area contributed by atoms with E-state index in [1.54, 1.807) is 16.7 Å². The SMILES string of the molecule is CC(C)C1=CC2C3(C(C)C)C=CC(C)(CC3)C2(C)CC1.CC1=CC=C(C(C)C)CC1.CC1=CC=C(C(C)C)CC1. The molecule has 2 bridgehead atoms. The van der Waals surface area contributed by atoms with Gasteiger partial charge >= 0.3 is 0 Å². The summed E-state index contributed by atoms with van der Waals surface area (Å²) in [5.41, 5.74) is 9.28. The van der Waals surface area contributed by atoms with Gasteiger partial charge in [0.1, 0.15) is 0 Å². The summed E-state index contributed by atoms with van der Waals surface area (Å²) >= 11 is 0. The molecule has 224 valence electrons. The third-order valence-corrected chi connectivity index (χ3v) is 11.8. The molecule has 0 aliphatic heterocycles. The highest BCUT2D eigenvalue weighted by molar-refractivity contribution is 5.33. The first-order valence-corrected chi connectivity index (χ1v) is 16.8. The Hall–Kier alpha value is -1.56. The zero-order valence-electron chi connectivity index (χ0n) is 28.6. The van der Waals surface area contributed by atoms with Crippen LogP contribution in [0.1, 0.15) is 134 Å². The molecule has 40 heavy (non-hydrogen) atoms. The molecular weight excluding hydrogens is 480 g/mol. The van der Waals surface area contributed by atoms with Crippen molar-refractivity contribution in [3.8, 4) is 0 Å². The molecule has 0 spiro atoms. The highest BCUT2D eigenvalue weighted by Crippen LogP contribution is 2.70. The highest BCUT2D eigenvalue weighted by atomic mass is 14.7. The van der Waals surface area contributed by atoms with E-state index in [1.165, 1.54) is 62.5 Å². The zero-order chi connectivity index (χ0) is 29.9. The summed E-state index contributed by atoms with van der Waals surface area (Å²) in [6.45, 7) is 28.2. The van der Waals surface area contributed by atoms with Gasteiger partial charge in [0.2, 0.25) is 0 Å². The van der Waals surface area contributed by atoms with Crippen LogP contribution in [0.5, 0.6) is 0 Å². The fraction of sp³-hybridized carbons (Fsp3) is 0.700. The van der Waals surface area contributed by atoms with Gasteiger partial charge in [-0.15, -0.1) is 0 Å². The fourth-order valence-electron chi connectivity index (χ4n) is 7.95. The maximum Gasteiger partial charge on any atom is -0.00264 e. The molecular formula is C40H64. The molecule has 0 aromatic heterocycles. The average molecular weight is 545 g/mol. The van der Waals surface area contributed by atoms with E-state index >= 15 is 0 Å². The number of hydrogen-bond acceptors (Lipinski definition) is 0. The molecule has 6 rings (SSSR count). The fourth-order valence-corrected chi connectivity index (χ4v) is 7.95. The maximum absolute atomic E-state index is 2.72. The van der Waals surface area contributed by atoms with Crippen molar-refractivity contribution < 1.29 is 0 Å². The highest BCUT2D eigenvalue weighted by Gasteiger charge is 2.62. The van der Waals surface area contributed by atoms with E-state index in [9.17, 15) is 0 Å². The maximum atomic E-state index is 2.72. The Labute approximate surface area is 250 Å². The number of fused-ring (bicyclic) bond motifs is 1. The second kappa shape index (κ2) is 13.2. The van der Waals surface area contributed by atoms with Gasteiger partial charge in [-0.2, -0.15) is 0 Å². The van der Waals surface area contributed by atoms with E-state index in [0.29, 0.717) is 16.2 Å². The zero-order valence-corrected chi connectivity index (χ0v) is 28.6. The van der Waals surface area contributed by atoms with Crippen molar-refractivity contribution >= 4 is 0 Å². The van der Waals surface area contributed by atoms with E-state index in [0.717, 1.165) is 29.6 Å². The van der Waals surface area contributed by atoms with E-state index in [2.05, 4.69) is 126 Å². The lowest BCUT2D eigenvalue weighted by molar-refractivity contribution is -0.0963. The molecule has 0 heterocycles. The van der Waals surface area contributed by atoms with E-state index in [-0.39, 0.29) is 0 Å². The standard InChI is InChI=1S/C20H32.2C10H16/c1-14(2)16-7-8-19(6)17(13-16)20(15(3)4)11-9-18(19,5)10-12-20;2*1-8(2)10-6-4-9(3)5-7-10/h9,11,13-15,17H,7-8,10,12H2,1-6H3;2*4,6,8H,5,7H2,1-3H3. The van der Waals surface area contributed by atoms with Crippen LogP contribution in [-0.4, -0.2) is 0 Å². The van der Waals surface area contributed by atoms with E-state index in [1.807, 2.05) is 0 Å². The Kier molecular flexibility index (Phi) is 10.8. The molecule has 4 unspecified atom stereocenters. The van der Waals surface area contributed by atoms with Crippen LogP contribution < -0.4 is 0 Å². The third-order valence-electron chi connectivity index (χ3n) is 11.8. The van der Waals surface area contributed by atoms with Crippen LogP contribution in [0, 0.1) is 45.8 Å². The molecule has 0 amide bonds. The molecule has 4 atom stereocenters. The molecule has 0 nitrogen and oxygen atoms in total. The lowest BCUT2D eigenvalue weighted by atomic mass is 9.38. The molecule has 0 N–H and O–H groups in total. The van der Waals surface area contributed by atoms with Gasteiger partial charge < -0.3 is 0 Å². The lowest BCUT2D eigenvalue weighted by Gasteiger charge is -2.66. The third kappa shape index (κ3) is 6.90. The molecule has 6 aliphatic rings. The predicted octanol–water partition coefficient (Wildman–Crippen LogP) is 12.6. The van der Waals surface area contributed by atoms with Crippen LogP contribution in [0.2, 0.25) is 0 Å². The minimum Gasteiger partial charge on any atom is -0.0814 e. The minimum absolute atomic E-state index is 0.424. The molecule has 0 heteroatoms. The molecule has 0 saturated heterocycles. The first-order valence-electron chi connectivity index (χ1n) is 16.8. The summed E-state index contributed by atoms with van der Waals surface area (Å²) in [4.78, 5) is 0.